The van der Waals surface area contributed by atoms with Gasteiger partial charge in [0.25, 0.3) is 0 Å². The topological polar surface area (TPSA) is 127 Å². The van der Waals surface area contributed by atoms with E-state index in [0.29, 0.717) is 0 Å². The Morgan fingerprint density at radius 2 is 1.52 bits per heavy atom. The van der Waals surface area contributed by atoms with Crippen LogP contribution in [0.3, 0.4) is 0 Å². The van der Waals surface area contributed by atoms with E-state index in [0.717, 1.165) is 0 Å². The summed E-state index contributed by atoms with van der Waals surface area (Å²) < 4.78 is 9.56. The Hall–Kier alpha value is -2.12. The number of hydrogen-bond donors (Lipinski definition) is 2. The third-order valence-corrected chi connectivity index (χ3v) is 2.39. The van der Waals surface area contributed by atoms with Crippen LogP contribution in [0.1, 0.15) is 40.5 Å². The molecule has 0 aromatic rings. The molecule has 0 spiro atoms. The fraction of sp³-hybridized carbons (Fsp3) is 0.692. The lowest BCUT2D eigenvalue weighted by Crippen LogP contribution is -2.45. The van der Waals surface area contributed by atoms with Gasteiger partial charge in [-0.15, -0.1) is 0 Å². The van der Waals surface area contributed by atoms with Crippen molar-refractivity contribution in [2.24, 2.45) is 5.41 Å². The number of carboxylic acids is 2. The number of carbonyl (C=O) groups excluding carboxylic acids is 2. The molecule has 0 saturated heterocycles. The maximum Gasteiger partial charge on any atom is 0.324 e. The smallest absolute Gasteiger partial charge is 0.324 e. The summed E-state index contributed by atoms with van der Waals surface area (Å²) in [6.07, 6.45) is -1.98. The number of rotatable bonds is 7. The van der Waals surface area contributed by atoms with Crippen LogP contribution in [0.2, 0.25) is 0 Å². The Balaban J connectivity index is 5.46. The summed E-state index contributed by atoms with van der Waals surface area (Å²) in [7, 11) is 0. The van der Waals surface area contributed by atoms with Crippen molar-refractivity contribution < 1.29 is 38.9 Å². The molecule has 2 N–H and O–H groups in total. The summed E-state index contributed by atoms with van der Waals surface area (Å²) in [5, 5.41) is 18.1. The van der Waals surface area contributed by atoms with Gasteiger partial charge in [0.05, 0.1) is 19.4 Å². The van der Waals surface area contributed by atoms with Crippen LogP contribution >= 0.6 is 0 Å². The Morgan fingerprint density at radius 3 is 1.86 bits per heavy atom. The highest BCUT2D eigenvalue weighted by Gasteiger charge is 2.52. The molecule has 8 nitrogen and oxygen atoms in total. The maximum absolute atomic E-state index is 11.9. The van der Waals surface area contributed by atoms with Gasteiger partial charge < -0.3 is 19.7 Å². The lowest BCUT2D eigenvalue weighted by Gasteiger charge is -2.27. The zero-order chi connectivity index (χ0) is 16.8. The normalized spacial score (nSPS) is 13.9. The molecule has 0 radical (unpaired) electrons. The quantitative estimate of drug-likeness (QED) is 0.523. The minimum atomic E-state index is -2.50. The zero-order valence-electron chi connectivity index (χ0n) is 12.5. The summed E-state index contributed by atoms with van der Waals surface area (Å²) in [5.74, 6) is -5.53. The predicted molar refractivity (Wildman–Crippen MR) is 69.4 cm³/mol. The van der Waals surface area contributed by atoms with Crippen LogP contribution in [0.5, 0.6) is 0 Å². The van der Waals surface area contributed by atoms with Gasteiger partial charge in [-0.05, 0) is 27.7 Å². The lowest BCUT2D eigenvalue weighted by atomic mass is 9.81. The van der Waals surface area contributed by atoms with E-state index >= 15 is 0 Å². The van der Waals surface area contributed by atoms with Crippen LogP contribution in [0.4, 0.5) is 0 Å². The SMILES string of the molecule is CCOC(=O)C(CC(=O)O)(CC(=O)OC(C)(C)C)C(=O)O. The second-order valence-corrected chi connectivity index (χ2v) is 5.44. The highest BCUT2D eigenvalue weighted by molar-refractivity contribution is 6.04. The molecule has 0 heterocycles. The van der Waals surface area contributed by atoms with Gasteiger partial charge in [-0.25, -0.2) is 0 Å². The van der Waals surface area contributed by atoms with Gasteiger partial charge in [0.2, 0.25) is 0 Å². The highest BCUT2D eigenvalue weighted by atomic mass is 16.6. The van der Waals surface area contributed by atoms with E-state index in [1.165, 1.54) is 6.92 Å². The molecule has 0 fully saturated rings. The highest BCUT2D eigenvalue weighted by Crippen LogP contribution is 2.31. The van der Waals surface area contributed by atoms with Crippen LogP contribution in [-0.4, -0.2) is 46.3 Å². The van der Waals surface area contributed by atoms with E-state index in [1.807, 2.05) is 0 Å². The molecule has 1 atom stereocenters. The van der Waals surface area contributed by atoms with Crippen molar-refractivity contribution in [1.82, 2.24) is 0 Å². The molecular formula is C13H20O8. The number of aliphatic carboxylic acids is 2. The molecule has 1 unspecified atom stereocenters. The van der Waals surface area contributed by atoms with Gasteiger partial charge in [-0.2, -0.15) is 0 Å². The van der Waals surface area contributed by atoms with Crippen LogP contribution < -0.4 is 0 Å². The Bertz CT molecular complexity index is 434. The molecule has 0 aliphatic rings. The molecule has 0 rings (SSSR count). The van der Waals surface area contributed by atoms with Crippen LogP contribution in [0, 0.1) is 5.41 Å². The van der Waals surface area contributed by atoms with E-state index in [-0.39, 0.29) is 6.61 Å². The van der Waals surface area contributed by atoms with Crippen LogP contribution in [0.25, 0.3) is 0 Å². The standard InChI is InChI=1S/C13H20O8/c1-5-20-11(19)13(10(17)18,6-8(14)15)7-9(16)21-12(2,3)4/h5-7H2,1-4H3,(H,14,15)(H,17,18). The Labute approximate surface area is 122 Å². The van der Waals surface area contributed by atoms with Gasteiger partial charge in [0.15, 0.2) is 5.41 Å². The molecule has 0 bridgehead atoms. The first-order chi connectivity index (χ1) is 9.44. The minimum Gasteiger partial charge on any atom is -0.481 e. The minimum absolute atomic E-state index is 0.137. The fourth-order valence-electron chi connectivity index (χ4n) is 1.60. The average Bonchev–Trinajstić information content (AvgIpc) is 2.24. The average molecular weight is 304 g/mol. The number of esters is 2. The van der Waals surface area contributed by atoms with Crippen molar-refractivity contribution in [3.05, 3.63) is 0 Å². The van der Waals surface area contributed by atoms with Crippen molar-refractivity contribution in [3.8, 4) is 0 Å². The molecule has 0 aromatic carbocycles. The Morgan fingerprint density at radius 1 is 1.00 bits per heavy atom. The number of ether oxygens (including phenoxy) is 2. The molecule has 21 heavy (non-hydrogen) atoms. The summed E-state index contributed by atoms with van der Waals surface area (Å²) in [4.78, 5) is 45.9. The molecule has 0 saturated carbocycles. The first kappa shape index (κ1) is 18.9. The van der Waals surface area contributed by atoms with E-state index in [4.69, 9.17) is 9.84 Å². The van der Waals surface area contributed by atoms with Gasteiger partial charge in [0.1, 0.15) is 5.60 Å². The summed E-state index contributed by atoms with van der Waals surface area (Å²) in [5.41, 5.74) is -3.39. The number of carboxylic acid groups (broad SMARTS) is 2. The van der Waals surface area contributed by atoms with Crippen LogP contribution in [-0.2, 0) is 28.7 Å². The Kier molecular flexibility index (Phi) is 6.34. The summed E-state index contributed by atoms with van der Waals surface area (Å²) in [6, 6.07) is 0. The van der Waals surface area contributed by atoms with Crippen molar-refractivity contribution >= 4 is 23.9 Å². The fourth-order valence-corrected chi connectivity index (χ4v) is 1.60. The zero-order valence-corrected chi connectivity index (χ0v) is 12.5. The second kappa shape index (κ2) is 7.05. The largest absolute Gasteiger partial charge is 0.481 e. The molecule has 120 valence electrons. The van der Waals surface area contributed by atoms with Crippen molar-refractivity contribution in [1.29, 1.82) is 0 Å². The van der Waals surface area contributed by atoms with Crippen molar-refractivity contribution in [2.45, 2.75) is 46.1 Å². The van der Waals surface area contributed by atoms with E-state index in [2.05, 4.69) is 4.74 Å². The molecule has 0 aliphatic heterocycles. The molecular weight excluding hydrogens is 284 g/mol. The molecule has 0 aromatic heterocycles. The van der Waals surface area contributed by atoms with E-state index < -0.39 is 47.7 Å². The third kappa shape index (κ3) is 5.80. The van der Waals surface area contributed by atoms with Crippen LogP contribution in [0.15, 0.2) is 0 Å². The first-order valence-corrected chi connectivity index (χ1v) is 6.29. The first-order valence-electron chi connectivity index (χ1n) is 6.29. The van der Waals surface area contributed by atoms with Crippen molar-refractivity contribution in [2.75, 3.05) is 6.61 Å². The molecule has 8 heteroatoms. The van der Waals surface area contributed by atoms with Gasteiger partial charge in [0, 0.05) is 0 Å². The monoisotopic (exact) mass is 304 g/mol. The van der Waals surface area contributed by atoms with Gasteiger partial charge in [-0.3, -0.25) is 19.2 Å². The second-order valence-electron chi connectivity index (χ2n) is 5.44. The number of carbonyl (C=O) groups is 4. The third-order valence-electron chi connectivity index (χ3n) is 2.39. The van der Waals surface area contributed by atoms with Gasteiger partial charge in [-0.1, -0.05) is 0 Å². The van der Waals surface area contributed by atoms with Crippen molar-refractivity contribution in [3.63, 3.8) is 0 Å². The van der Waals surface area contributed by atoms with Gasteiger partial charge >= 0.3 is 23.9 Å². The molecule has 0 aliphatic carbocycles. The lowest BCUT2D eigenvalue weighted by molar-refractivity contribution is -0.180. The summed E-state index contributed by atoms with van der Waals surface area (Å²) in [6.45, 7) is 6.00. The van der Waals surface area contributed by atoms with E-state index in [1.54, 1.807) is 20.8 Å². The summed E-state index contributed by atoms with van der Waals surface area (Å²) >= 11 is 0. The number of hydrogen-bond acceptors (Lipinski definition) is 6. The van der Waals surface area contributed by atoms with E-state index in [9.17, 15) is 24.3 Å². The molecule has 0 amide bonds. The maximum atomic E-state index is 11.9. The predicted octanol–water partition coefficient (Wildman–Crippen LogP) is 0.827.